The van der Waals surface area contributed by atoms with Gasteiger partial charge in [0.25, 0.3) is 0 Å². The van der Waals surface area contributed by atoms with Crippen LogP contribution in [0.3, 0.4) is 0 Å². The van der Waals surface area contributed by atoms with Crippen molar-refractivity contribution in [1.29, 1.82) is 0 Å². The van der Waals surface area contributed by atoms with Gasteiger partial charge in [-0.3, -0.25) is 4.79 Å². The van der Waals surface area contributed by atoms with Crippen LogP contribution in [0.25, 0.3) is 0 Å². The minimum Gasteiger partial charge on any atom is -0.339 e. The molecule has 2 N–H and O–H groups in total. The number of carbonyl (C=O) groups is 1. The fourth-order valence-corrected chi connectivity index (χ4v) is 3.34. The molecule has 1 aliphatic rings. The summed E-state index contributed by atoms with van der Waals surface area (Å²) in [4.78, 5) is 16.6. The highest BCUT2D eigenvalue weighted by atomic mass is 35.5. The Labute approximate surface area is 151 Å². The number of amides is 1. The third-order valence-corrected chi connectivity index (χ3v) is 4.75. The lowest BCUT2D eigenvalue weighted by Crippen LogP contribution is -2.24. The molecule has 1 aromatic heterocycles. The first-order chi connectivity index (χ1) is 11.6. The lowest BCUT2D eigenvalue weighted by Gasteiger charge is -2.20. The average Bonchev–Trinajstić information content (AvgIpc) is 2.60. The quantitative estimate of drug-likeness (QED) is 0.737. The van der Waals surface area contributed by atoms with Gasteiger partial charge in [-0.2, -0.15) is 0 Å². The zero-order chi connectivity index (χ0) is 16.9. The lowest BCUT2D eigenvalue weighted by molar-refractivity contribution is -0.120. The molecule has 1 amide bonds. The van der Waals surface area contributed by atoms with Crippen molar-refractivity contribution in [1.82, 2.24) is 4.98 Å². The lowest BCUT2D eigenvalue weighted by atomic mass is 9.88. The molecule has 1 aromatic carbocycles. The van der Waals surface area contributed by atoms with E-state index in [0.717, 1.165) is 31.4 Å². The van der Waals surface area contributed by atoms with Gasteiger partial charge in [0.15, 0.2) is 0 Å². The molecule has 1 aliphatic carbocycles. The van der Waals surface area contributed by atoms with Crippen molar-refractivity contribution in [3.63, 3.8) is 0 Å². The van der Waals surface area contributed by atoms with E-state index in [2.05, 4.69) is 15.6 Å². The third-order valence-electron chi connectivity index (χ3n) is 4.20. The van der Waals surface area contributed by atoms with Crippen LogP contribution in [0.2, 0.25) is 10.0 Å². The summed E-state index contributed by atoms with van der Waals surface area (Å²) >= 11 is 12.0. The molecule has 0 saturated heterocycles. The van der Waals surface area contributed by atoms with Crippen LogP contribution < -0.4 is 10.6 Å². The standard InChI is InChI=1S/C18H19Cl2N3O/c19-13-6-8-16(15(20)10-13)23-17-9-7-14(11-21-17)22-18(24)12-4-2-1-3-5-12/h6-12H,1-5H2,(H,21,23)(H,22,24). The van der Waals surface area contributed by atoms with Gasteiger partial charge in [0.05, 0.1) is 22.6 Å². The van der Waals surface area contributed by atoms with E-state index >= 15 is 0 Å². The number of nitrogens with zero attached hydrogens (tertiary/aromatic N) is 1. The van der Waals surface area contributed by atoms with Gasteiger partial charge in [0.2, 0.25) is 5.91 Å². The van der Waals surface area contributed by atoms with E-state index < -0.39 is 0 Å². The maximum atomic E-state index is 12.2. The molecular formula is C18H19Cl2N3O. The predicted molar refractivity (Wildman–Crippen MR) is 99.2 cm³/mol. The predicted octanol–water partition coefficient (Wildman–Crippen LogP) is 5.65. The maximum Gasteiger partial charge on any atom is 0.227 e. The topological polar surface area (TPSA) is 54.0 Å². The van der Waals surface area contributed by atoms with Crippen molar-refractivity contribution in [2.75, 3.05) is 10.6 Å². The number of benzene rings is 1. The minimum atomic E-state index is 0.0953. The van der Waals surface area contributed by atoms with Gasteiger partial charge in [-0.25, -0.2) is 4.98 Å². The van der Waals surface area contributed by atoms with E-state index in [1.807, 2.05) is 6.07 Å². The Bertz CT molecular complexity index is 713. The molecule has 0 bridgehead atoms. The van der Waals surface area contributed by atoms with Gasteiger partial charge >= 0.3 is 0 Å². The average molecular weight is 364 g/mol. The number of nitrogens with one attached hydrogen (secondary N) is 2. The molecule has 24 heavy (non-hydrogen) atoms. The van der Waals surface area contributed by atoms with Gasteiger partial charge in [-0.05, 0) is 43.2 Å². The Balaban J connectivity index is 1.61. The number of carbonyl (C=O) groups excluding carboxylic acids is 1. The van der Waals surface area contributed by atoms with E-state index in [4.69, 9.17) is 23.2 Å². The van der Waals surface area contributed by atoms with Crippen molar-refractivity contribution in [2.24, 2.45) is 5.92 Å². The molecule has 6 heteroatoms. The molecule has 0 unspecified atom stereocenters. The summed E-state index contributed by atoms with van der Waals surface area (Å²) in [5.41, 5.74) is 1.44. The fraction of sp³-hybridized carbons (Fsp3) is 0.333. The molecule has 0 spiro atoms. The summed E-state index contributed by atoms with van der Waals surface area (Å²) in [7, 11) is 0. The molecule has 1 fully saturated rings. The molecule has 4 nitrogen and oxygen atoms in total. The maximum absolute atomic E-state index is 12.2. The molecule has 0 aliphatic heterocycles. The second kappa shape index (κ2) is 7.86. The Morgan fingerprint density at radius 2 is 1.88 bits per heavy atom. The fourth-order valence-electron chi connectivity index (χ4n) is 2.88. The van der Waals surface area contributed by atoms with Crippen molar-refractivity contribution >= 4 is 46.3 Å². The van der Waals surface area contributed by atoms with Gasteiger partial charge in [-0.15, -0.1) is 0 Å². The SMILES string of the molecule is O=C(Nc1ccc(Nc2ccc(Cl)cc2Cl)nc1)C1CCCCC1. The first-order valence-electron chi connectivity index (χ1n) is 8.11. The molecular weight excluding hydrogens is 345 g/mol. The van der Waals surface area contributed by atoms with Crippen molar-refractivity contribution in [3.8, 4) is 0 Å². The van der Waals surface area contributed by atoms with Gasteiger partial charge < -0.3 is 10.6 Å². The first-order valence-corrected chi connectivity index (χ1v) is 8.86. The van der Waals surface area contributed by atoms with Crippen LogP contribution >= 0.6 is 23.2 Å². The van der Waals surface area contributed by atoms with Gasteiger partial charge in [-0.1, -0.05) is 42.5 Å². The normalized spacial score (nSPS) is 15.1. The summed E-state index contributed by atoms with van der Waals surface area (Å²) in [6.07, 6.45) is 7.12. The number of hydrogen-bond acceptors (Lipinski definition) is 3. The second-order valence-corrected chi connectivity index (χ2v) is 6.85. The van der Waals surface area contributed by atoms with Crippen LogP contribution in [-0.2, 0) is 4.79 Å². The van der Waals surface area contributed by atoms with E-state index in [1.165, 1.54) is 6.42 Å². The molecule has 2 aromatic rings. The van der Waals surface area contributed by atoms with Crippen LogP contribution in [0.4, 0.5) is 17.2 Å². The second-order valence-electron chi connectivity index (χ2n) is 6.01. The van der Waals surface area contributed by atoms with Gasteiger partial charge in [0, 0.05) is 10.9 Å². The Morgan fingerprint density at radius 1 is 1.08 bits per heavy atom. The van der Waals surface area contributed by atoms with Crippen molar-refractivity contribution in [3.05, 3.63) is 46.6 Å². The third kappa shape index (κ3) is 4.40. The van der Waals surface area contributed by atoms with Crippen molar-refractivity contribution in [2.45, 2.75) is 32.1 Å². The first kappa shape index (κ1) is 17.1. The highest BCUT2D eigenvalue weighted by molar-refractivity contribution is 6.36. The van der Waals surface area contributed by atoms with E-state index in [-0.39, 0.29) is 11.8 Å². The Morgan fingerprint density at radius 3 is 2.54 bits per heavy atom. The summed E-state index contributed by atoms with van der Waals surface area (Å²) in [5.74, 6) is 0.872. The van der Waals surface area contributed by atoms with Crippen LogP contribution in [0, 0.1) is 5.92 Å². The molecule has 0 radical (unpaired) electrons. The Kier molecular flexibility index (Phi) is 5.59. The van der Waals surface area contributed by atoms with E-state index in [1.54, 1.807) is 30.5 Å². The summed E-state index contributed by atoms with van der Waals surface area (Å²) < 4.78 is 0. The summed E-state index contributed by atoms with van der Waals surface area (Å²) in [6.45, 7) is 0. The van der Waals surface area contributed by atoms with Crippen molar-refractivity contribution < 1.29 is 4.79 Å². The number of pyridine rings is 1. The van der Waals surface area contributed by atoms with E-state index in [0.29, 0.717) is 21.6 Å². The molecule has 3 rings (SSSR count). The molecule has 1 heterocycles. The zero-order valence-corrected chi connectivity index (χ0v) is 14.7. The molecule has 126 valence electrons. The van der Waals surface area contributed by atoms with Gasteiger partial charge in [0.1, 0.15) is 5.82 Å². The molecule has 1 saturated carbocycles. The van der Waals surface area contributed by atoms with Crippen LogP contribution in [0.15, 0.2) is 36.5 Å². The molecule has 0 atom stereocenters. The number of anilines is 3. The van der Waals surface area contributed by atoms with E-state index in [9.17, 15) is 4.79 Å². The highest BCUT2D eigenvalue weighted by Crippen LogP contribution is 2.28. The Hall–Kier alpha value is -1.78. The summed E-state index contributed by atoms with van der Waals surface area (Å²) in [6, 6.07) is 8.87. The monoisotopic (exact) mass is 363 g/mol. The van der Waals surface area contributed by atoms with Crippen LogP contribution in [-0.4, -0.2) is 10.9 Å². The van der Waals surface area contributed by atoms with Crippen LogP contribution in [0.5, 0.6) is 0 Å². The number of aromatic nitrogens is 1. The number of rotatable bonds is 4. The van der Waals surface area contributed by atoms with Crippen LogP contribution in [0.1, 0.15) is 32.1 Å². The smallest absolute Gasteiger partial charge is 0.227 e. The number of halogens is 2. The highest BCUT2D eigenvalue weighted by Gasteiger charge is 2.21. The zero-order valence-electron chi connectivity index (χ0n) is 13.2. The largest absolute Gasteiger partial charge is 0.339 e. The summed E-state index contributed by atoms with van der Waals surface area (Å²) in [5, 5.41) is 7.19. The minimum absolute atomic E-state index is 0.0953. The number of hydrogen-bond donors (Lipinski definition) is 2.